The highest BCUT2D eigenvalue weighted by molar-refractivity contribution is 5.13. The maximum Gasteiger partial charge on any atom is 0.179 e. The molecule has 1 aliphatic heterocycles. The van der Waals surface area contributed by atoms with E-state index in [0.717, 1.165) is 25.2 Å². The first kappa shape index (κ1) is 11.8. The Morgan fingerprint density at radius 3 is 3.00 bits per heavy atom. The lowest BCUT2D eigenvalue weighted by Gasteiger charge is -2.18. The van der Waals surface area contributed by atoms with E-state index in [1.165, 1.54) is 0 Å². The van der Waals surface area contributed by atoms with Gasteiger partial charge >= 0.3 is 0 Å². The molecule has 0 radical (unpaired) electrons. The molecule has 1 saturated heterocycles. The van der Waals surface area contributed by atoms with Crippen molar-refractivity contribution in [3.05, 3.63) is 23.8 Å². The van der Waals surface area contributed by atoms with Crippen LogP contribution in [0.15, 0.2) is 23.8 Å². The molecule has 90 valence electrons. The summed E-state index contributed by atoms with van der Waals surface area (Å²) in [5, 5.41) is 0. The summed E-state index contributed by atoms with van der Waals surface area (Å²) < 4.78 is 11.6. The Kier molecular flexibility index (Phi) is 3.47. The number of hydrogen-bond acceptors (Lipinski definition) is 3. The molecule has 2 aliphatic rings. The molecule has 3 nitrogen and oxygen atoms in total. The van der Waals surface area contributed by atoms with Crippen molar-refractivity contribution in [1.82, 2.24) is 0 Å². The second-order valence-corrected chi connectivity index (χ2v) is 4.88. The van der Waals surface area contributed by atoms with Crippen LogP contribution in [-0.4, -0.2) is 26.0 Å². The van der Waals surface area contributed by atoms with Crippen LogP contribution in [0.4, 0.5) is 0 Å². The largest absolute Gasteiger partial charge is 0.348 e. The van der Waals surface area contributed by atoms with Crippen LogP contribution in [0, 0.1) is 11.3 Å². The first-order valence-corrected chi connectivity index (χ1v) is 5.94. The molecule has 3 heteroatoms. The Hall–Kier alpha value is -0.640. The van der Waals surface area contributed by atoms with Gasteiger partial charge in [0.1, 0.15) is 0 Å². The fourth-order valence-electron chi connectivity index (χ4n) is 2.24. The number of ether oxygens (including phenoxy) is 2. The highest BCUT2D eigenvalue weighted by Gasteiger charge is 2.55. The van der Waals surface area contributed by atoms with Crippen molar-refractivity contribution in [1.29, 1.82) is 0 Å². The van der Waals surface area contributed by atoms with Gasteiger partial charge in [0, 0.05) is 12.0 Å². The summed E-state index contributed by atoms with van der Waals surface area (Å²) in [6.07, 6.45) is 7.02. The molecular formula is C13H21NO2. The highest BCUT2D eigenvalue weighted by atomic mass is 16.7. The molecule has 0 bridgehead atoms. The second-order valence-electron chi connectivity index (χ2n) is 4.88. The highest BCUT2D eigenvalue weighted by Crippen LogP contribution is 2.53. The third-order valence-electron chi connectivity index (χ3n) is 3.66. The van der Waals surface area contributed by atoms with Gasteiger partial charge in [0.15, 0.2) is 6.29 Å². The van der Waals surface area contributed by atoms with Gasteiger partial charge in [-0.25, -0.2) is 0 Å². The van der Waals surface area contributed by atoms with E-state index in [1.807, 2.05) is 32.1 Å². The Morgan fingerprint density at radius 2 is 2.31 bits per heavy atom. The van der Waals surface area contributed by atoms with Gasteiger partial charge in [-0.15, -0.1) is 0 Å². The number of nitrogens with two attached hydrogens (primary N) is 1. The van der Waals surface area contributed by atoms with Crippen molar-refractivity contribution in [3.63, 3.8) is 0 Å². The maximum absolute atomic E-state index is 5.81. The molecule has 2 fully saturated rings. The smallest absolute Gasteiger partial charge is 0.179 e. The molecule has 1 saturated carbocycles. The molecule has 0 spiro atoms. The summed E-state index contributed by atoms with van der Waals surface area (Å²) in [6.45, 7) is 6.27. The van der Waals surface area contributed by atoms with E-state index in [9.17, 15) is 0 Å². The van der Waals surface area contributed by atoms with Crippen LogP contribution in [0.5, 0.6) is 0 Å². The molecule has 16 heavy (non-hydrogen) atoms. The Bertz CT molecular complexity index is 311. The zero-order chi connectivity index (χ0) is 11.6. The minimum atomic E-state index is -0.188. The monoisotopic (exact) mass is 223 g/mol. The van der Waals surface area contributed by atoms with Crippen molar-refractivity contribution < 1.29 is 9.47 Å². The van der Waals surface area contributed by atoms with E-state index < -0.39 is 0 Å². The van der Waals surface area contributed by atoms with Gasteiger partial charge in [-0.05, 0) is 31.8 Å². The first-order valence-electron chi connectivity index (χ1n) is 5.94. The van der Waals surface area contributed by atoms with E-state index in [0.29, 0.717) is 12.5 Å². The molecule has 0 aromatic rings. The molecule has 1 heterocycles. The first-order chi connectivity index (χ1) is 7.72. The van der Waals surface area contributed by atoms with Gasteiger partial charge < -0.3 is 15.2 Å². The van der Waals surface area contributed by atoms with E-state index >= 15 is 0 Å². The van der Waals surface area contributed by atoms with Crippen molar-refractivity contribution in [2.24, 2.45) is 17.1 Å². The summed E-state index contributed by atoms with van der Waals surface area (Å²) in [7, 11) is 0. The quantitative estimate of drug-likeness (QED) is 0.743. The number of hydrogen-bond donors (Lipinski definition) is 1. The minimum absolute atomic E-state index is 0.188. The SMILES string of the molecule is CC=CC=C(C)C1OCC2CC2(CN)CO1. The Balaban J connectivity index is 1.95. The van der Waals surface area contributed by atoms with Crippen LogP contribution in [0.3, 0.4) is 0 Å². The normalized spacial score (nSPS) is 39.6. The number of fused-ring (bicyclic) bond motifs is 1. The van der Waals surface area contributed by atoms with Crippen molar-refractivity contribution in [3.8, 4) is 0 Å². The molecule has 1 aliphatic carbocycles. The van der Waals surface area contributed by atoms with E-state index in [4.69, 9.17) is 15.2 Å². The predicted octanol–water partition coefficient (Wildman–Crippen LogP) is 1.85. The lowest BCUT2D eigenvalue weighted by molar-refractivity contribution is -0.112. The molecule has 3 unspecified atom stereocenters. The molecule has 0 aromatic heterocycles. The van der Waals surface area contributed by atoms with Crippen LogP contribution >= 0.6 is 0 Å². The van der Waals surface area contributed by atoms with Crippen LogP contribution in [-0.2, 0) is 9.47 Å². The topological polar surface area (TPSA) is 44.5 Å². The van der Waals surface area contributed by atoms with Crippen molar-refractivity contribution in [2.75, 3.05) is 19.8 Å². The van der Waals surface area contributed by atoms with E-state index in [2.05, 4.69) is 0 Å². The molecule has 2 rings (SSSR count). The van der Waals surface area contributed by atoms with Crippen molar-refractivity contribution in [2.45, 2.75) is 26.6 Å². The van der Waals surface area contributed by atoms with E-state index in [-0.39, 0.29) is 11.7 Å². The zero-order valence-corrected chi connectivity index (χ0v) is 10.1. The lowest BCUT2D eigenvalue weighted by Crippen LogP contribution is -2.25. The van der Waals surface area contributed by atoms with Gasteiger partial charge in [0.25, 0.3) is 0 Å². The molecule has 0 amide bonds. The van der Waals surface area contributed by atoms with Gasteiger partial charge in [0.05, 0.1) is 13.2 Å². The third-order valence-corrected chi connectivity index (χ3v) is 3.66. The fourth-order valence-corrected chi connectivity index (χ4v) is 2.24. The molecule has 0 aromatic carbocycles. The Morgan fingerprint density at radius 1 is 1.50 bits per heavy atom. The van der Waals surface area contributed by atoms with Crippen molar-refractivity contribution >= 4 is 0 Å². The lowest BCUT2D eigenvalue weighted by atomic mass is 10.1. The summed E-state index contributed by atoms with van der Waals surface area (Å²) in [5.74, 6) is 0.608. The number of rotatable bonds is 3. The molecular weight excluding hydrogens is 202 g/mol. The summed E-state index contributed by atoms with van der Waals surface area (Å²) >= 11 is 0. The van der Waals surface area contributed by atoms with Crippen LogP contribution in [0.1, 0.15) is 20.3 Å². The fraction of sp³-hybridized carbons (Fsp3) is 0.692. The maximum atomic E-state index is 5.81. The van der Waals surface area contributed by atoms with Gasteiger partial charge in [-0.2, -0.15) is 0 Å². The third kappa shape index (κ3) is 2.21. The summed E-state index contributed by atoms with van der Waals surface area (Å²) in [4.78, 5) is 0. The van der Waals surface area contributed by atoms with Crippen LogP contribution in [0.2, 0.25) is 0 Å². The average Bonchev–Trinajstić information content (AvgIpc) is 3.00. The van der Waals surface area contributed by atoms with Gasteiger partial charge in [-0.1, -0.05) is 18.2 Å². The van der Waals surface area contributed by atoms with Gasteiger partial charge in [0.2, 0.25) is 0 Å². The zero-order valence-electron chi connectivity index (χ0n) is 10.1. The molecule has 2 N–H and O–H groups in total. The van der Waals surface area contributed by atoms with Crippen LogP contribution in [0.25, 0.3) is 0 Å². The summed E-state index contributed by atoms with van der Waals surface area (Å²) in [5.41, 5.74) is 7.12. The summed E-state index contributed by atoms with van der Waals surface area (Å²) in [6, 6.07) is 0. The second kappa shape index (κ2) is 4.70. The average molecular weight is 223 g/mol. The predicted molar refractivity (Wildman–Crippen MR) is 63.9 cm³/mol. The number of allylic oxidation sites excluding steroid dienone is 3. The Labute approximate surface area is 97.3 Å². The standard InChI is InChI=1S/C13H21NO2/c1-3-4-5-10(2)12-15-7-11-6-13(11,8-14)9-16-12/h3-5,11-12H,6-9,14H2,1-2H3. The van der Waals surface area contributed by atoms with E-state index in [1.54, 1.807) is 0 Å². The van der Waals surface area contributed by atoms with Gasteiger partial charge in [-0.3, -0.25) is 0 Å². The van der Waals surface area contributed by atoms with Crippen LogP contribution < -0.4 is 5.73 Å². The molecule has 3 atom stereocenters. The minimum Gasteiger partial charge on any atom is -0.348 e.